The van der Waals surface area contributed by atoms with E-state index in [1.54, 1.807) is 13.8 Å². The van der Waals surface area contributed by atoms with Gasteiger partial charge in [-0.05, 0) is 38.8 Å². The molecule has 0 fully saturated rings. The Morgan fingerprint density at radius 3 is 1.57 bits per heavy atom. The van der Waals surface area contributed by atoms with Crippen LogP contribution in [0.25, 0.3) is 0 Å². The van der Waals surface area contributed by atoms with E-state index >= 15 is 0 Å². The van der Waals surface area contributed by atoms with Crippen molar-refractivity contribution in [3.63, 3.8) is 0 Å². The van der Waals surface area contributed by atoms with Gasteiger partial charge in [0.2, 0.25) is 11.8 Å². The zero-order valence-corrected chi connectivity index (χ0v) is 16.8. The molecule has 0 spiro atoms. The maximum absolute atomic E-state index is 12.3. The summed E-state index contributed by atoms with van der Waals surface area (Å²) < 4.78 is 0. The van der Waals surface area contributed by atoms with Crippen molar-refractivity contribution in [1.82, 2.24) is 26.3 Å². The summed E-state index contributed by atoms with van der Waals surface area (Å²) in [5.41, 5.74) is 0.0109. The minimum atomic E-state index is -0.736. The van der Waals surface area contributed by atoms with Gasteiger partial charge in [-0.2, -0.15) is 0 Å². The first-order valence-electron chi connectivity index (χ1n) is 9.44. The average molecular weight is 391 g/mol. The molecule has 0 radical (unpaired) electrons. The van der Waals surface area contributed by atoms with Crippen LogP contribution in [-0.2, 0) is 9.59 Å². The van der Waals surface area contributed by atoms with Crippen LogP contribution in [0.2, 0.25) is 0 Å². The predicted octanol–water partition coefficient (Wildman–Crippen LogP) is 0.371. The lowest BCUT2D eigenvalue weighted by atomic mass is 10.2. The van der Waals surface area contributed by atoms with Gasteiger partial charge in [0.25, 0.3) is 11.8 Å². The molecule has 154 valence electrons. The Balaban J connectivity index is 2.72. The molecule has 1 aromatic heterocycles. The van der Waals surface area contributed by atoms with Crippen LogP contribution in [0.3, 0.4) is 0 Å². The summed E-state index contributed by atoms with van der Waals surface area (Å²) in [6, 6.07) is 2.93. The second-order valence-electron chi connectivity index (χ2n) is 6.38. The second kappa shape index (κ2) is 11.7. The highest BCUT2D eigenvalue weighted by molar-refractivity contribution is 5.99. The molecule has 0 saturated carbocycles. The van der Waals surface area contributed by atoms with Gasteiger partial charge in [-0.3, -0.25) is 19.2 Å². The van der Waals surface area contributed by atoms with Crippen molar-refractivity contribution < 1.29 is 19.2 Å². The summed E-state index contributed by atoms with van der Waals surface area (Å²) in [6.45, 7) is 8.04. The Kier molecular flexibility index (Phi) is 9.63. The number of amides is 4. The molecular formula is C19H29N5O4. The van der Waals surface area contributed by atoms with Crippen molar-refractivity contribution in [3.8, 4) is 0 Å². The Labute approximate surface area is 165 Å². The monoisotopic (exact) mass is 391 g/mol. The SMILES string of the molecule is CCCNC(=O)C(C)NC(=O)c1cccc(C(=O)NC(C)C(=O)NCCC)n1. The Hall–Kier alpha value is -2.97. The van der Waals surface area contributed by atoms with Gasteiger partial charge in [-0.1, -0.05) is 19.9 Å². The lowest BCUT2D eigenvalue weighted by Crippen LogP contribution is -2.46. The van der Waals surface area contributed by atoms with Crippen LogP contribution in [0.5, 0.6) is 0 Å². The number of nitrogens with zero attached hydrogens (tertiary/aromatic N) is 1. The van der Waals surface area contributed by atoms with E-state index in [-0.39, 0.29) is 23.2 Å². The summed E-state index contributed by atoms with van der Waals surface area (Å²) >= 11 is 0. The first-order chi connectivity index (χ1) is 13.3. The summed E-state index contributed by atoms with van der Waals surface area (Å²) in [4.78, 5) is 52.4. The second-order valence-corrected chi connectivity index (χ2v) is 6.38. The lowest BCUT2D eigenvalue weighted by Gasteiger charge is -2.15. The van der Waals surface area contributed by atoms with Crippen LogP contribution in [0.4, 0.5) is 0 Å². The lowest BCUT2D eigenvalue weighted by molar-refractivity contribution is -0.123. The molecule has 2 unspecified atom stereocenters. The predicted molar refractivity (Wildman–Crippen MR) is 105 cm³/mol. The third-order valence-corrected chi connectivity index (χ3v) is 3.79. The normalized spacial score (nSPS) is 12.4. The average Bonchev–Trinajstić information content (AvgIpc) is 2.69. The molecule has 9 nitrogen and oxygen atoms in total. The number of nitrogens with one attached hydrogen (secondary N) is 4. The number of pyridine rings is 1. The molecule has 0 bridgehead atoms. The van der Waals surface area contributed by atoms with Crippen molar-refractivity contribution in [2.24, 2.45) is 0 Å². The fraction of sp³-hybridized carbons (Fsp3) is 0.526. The van der Waals surface area contributed by atoms with Crippen LogP contribution < -0.4 is 21.3 Å². The molecule has 1 aromatic rings. The van der Waals surface area contributed by atoms with Crippen LogP contribution in [0.15, 0.2) is 18.2 Å². The van der Waals surface area contributed by atoms with Crippen molar-refractivity contribution in [3.05, 3.63) is 29.6 Å². The molecule has 28 heavy (non-hydrogen) atoms. The fourth-order valence-electron chi connectivity index (χ4n) is 2.16. The van der Waals surface area contributed by atoms with E-state index in [4.69, 9.17) is 0 Å². The van der Waals surface area contributed by atoms with E-state index in [0.717, 1.165) is 12.8 Å². The fourth-order valence-corrected chi connectivity index (χ4v) is 2.16. The van der Waals surface area contributed by atoms with Crippen LogP contribution in [0.1, 0.15) is 61.5 Å². The first-order valence-corrected chi connectivity index (χ1v) is 9.44. The smallest absolute Gasteiger partial charge is 0.270 e. The van der Waals surface area contributed by atoms with E-state index in [2.05, 4.69) is 26.3 Å². The molecule has 2 atom stereocenters. The van der Waals surface area contributed by atoms with Gasteiger partial charge in [0.15, 0.2) is 0 Å². The Morgan fingerprint density at radius 1 is 0.821 bits per heavy atom. The molecule has 4 N–H and O–H groups in total. The van der Waals surface area contributed by atoms with Crippen molar-refractivity contribution in [2.75, 3.05) is 13.1 Å². The van der Waals surface area contributed by atoms with Crippen molar-refractivity contribution in [1.29, 1.82) is 0 Å². The standard InChI is InChI=1S/C19H29N5O4/c1-5-10-20-16(25)12(3)22-18(27)14-8-7-9-15(24-14)19(28)23-13(4)17(26)21-11-6-2/h7-9,12-13H,5-6,10-11H2,1-4H3,(H,20,25)(H,21,26)(H,22,27)(H,23,28). The van der Waals surface area contributed by atoms with E-state index in [1.807, 2.05) is 13.8 Å². The Bertz CT molecular complexity index is 652. The number of hydrogen-bond donors (Lipinski definition) is 4. The molecule has 0 aliphatic rings. The topological polar surface area (TPSA) is 129 Å². The van der Waals surface area contributed by atoms with Gasteiger partial charge < -0.3 is 21.3 Å². The number of carbonyl (C=O) groups is 4. The van der Waals surface area contributed by atoms with E-state index in [0.29, 0.717) is 13.1 Å². The summed E-state index contributed by atoms with van der Waals surface area (Å²) in [7, 11) is 0. The molecule has 1 rings (SSSR count). The molecule has 0 aliphatic heterocycles. The Morgan fingerprint density at radius 2 is 1.21 bits per heavy atom. The van der Waals surface area contributed by atoms with Gasteiger partial charge in [0.05, 0.1) is 0 Å². The van der Waals surface area contributed by atoms with Crippen molar-refractivity contribution >= 4 is 23.6 Å². The van der Waals surface area contributed by atoms with Crippen LogP contribution in [-0.4, -0.2) is 53.8 Å². The summed E-state index contributed by atoms with van der Waals surface area (Å²) in [5, 5.41) is 10.5. The van der Waals surface area contributed by atoms with Crippen molar-refractivity contribution in [2.45, 2.75) is 52.6 Å². The molecular weight excluding hydrogens is 362 g/mol. The van der Waals surface area contributed by atoms with Gasteiger partial charge in [0.1, 0.15) is 23.5 Å². The maximum atomic E-state index is 12.3. The van der Waals surface area contributed by atoms with Gasteiger partial charge >= 0.3 is 0 Å². The molecule has 0 saturated heterocycles. The highest BCUT2D eigenvalue weighted by atomic mass is 16.2. The highest BCUT2D eigenvalue weighted by Crippen LogP contribution is 2.01. The molecule has 4 amide bonds. The van der Waals surface area contributed by atoms with Gasteiger partial charge in [-0.25, -0.2) is 4.98 Å². The summed E-state index contributed by atoms with van der Waals surface area (Å²) in [6.07, 6.45) is 1.58. The molecule has 9 heteroatoms. The quantitative estimate of drug-likeness (QED) is 0.458. The van der Waals surface area contributed by atoms with Crippen LogP contribution >= 0.6 is 0 Å². The largest absolute Gasteiger partial charge is 0.354 e. The number of rotatable bonds is 10. The van der Waals surface area contributed by atoms with E-state index in [9.17, 15) is 19.2 Å². The van der Waals surface area contributed by atoms with E-state index < -0.39 is 23.9 Å². The third kappa shape index (κ3) is 7.34. The zero-order chi connectivity index (χ0) is 21.1. The highest BCUT2D eigenvalue weighted by Gasteiger charge is 2.20. The molecule has 0 aliphatic carbocycles. The van der Waals surface area contributed by atoms with E-state index in [1.165, 1.54) is 18.2 Å². The molecule has 1 heterocycles. The summed E-state index contributed by atoms with van der Waals surface area (Å²) in [5.74, 6) is -1.72. The third-order valence-electron chi connectivity index (χ3n) is 3.79. The van der Waals surface area contributed by atoms with Gasteiger partial charge in [-0.15, -0.1) is 0 Å². The number of aromatic nitrogens is 1. The maximum Gasteiger partial charge on any atom is 0.270 e. The zero-order valence-electron chi connectivity index (χ0n) is 16.8. The minimum absolute atomic E-state index is 0.00544. The first kappa shape index (κ1) is 23.1. The number of carbonyl (C=O) groups excluding carboxylic acids is 4. The number of hydrogen-bond acceptors (Lipinski definition) is 5. The molecule has 0 aromatic carbocycles. The minimum Gasteiger partial charge on any atom is -0.354 e. The van der Waals surface area contributed by atoms with Crippen LogP contribution in [0, 0.1) is 0 Å². The van der Waals surface area contributed by atoms with Gasteiger partial charge in [0, 0.05) is 13.1 Å².